The zero-order valence-corrected chi connectivity index (χ0v) is 11.5. The number of halogens is 1. The largest absolute Gasteiger partial charge is 0.398 e. The molecule has 2 aromatic carbocycles. The van der Waals surface area contributed by atoms with Gasteiger partial charge in [0.05, 0.1) is 21.4 Å². The van der Waals surface area contributed by atoms with Crippen LogP contribution in [0.3, 0.4) is 0 Å². The first-order valence-corrected chi connectivity index (χ1v) is 7.43. The Bertz CT molecular complexity index is 596. The summed E-state index contributed by atoms with van der Waals surface area (Å²) < 4.78 is 25.4. The van der Waals surface area contributed by atoms with Crippen LogP contribution in [0.4, 0.5) is 10.1 Å². The van der Waals surface area contributed by atoms with Crippen LogP contribution < -0.4 is 5.73 Å². The average molecular weight is 277 g/mol. The number of nitrogens with two attached hydrogens (primary N) is 1. The molecule has 2 aromatic rings. The van der Waals surface area contributed by atoms with Gasteiger partial charge >= 0.3 is 0 Å². The Hall–Kier alpha value is -1.68. The molecule has 0 saturated carbocycles. The highest BCUT2D eigenvalue weighted by atomic mass is 32.2. The molecule has 0 fully saturated rings. The third-order valence-corrected chi connectivity index (χ3v) is 4.39. The Morgan fingerprint density at radius 2 is 1.74 bits per heavy atom. The third kappa shape index (κ3) is 3.41. The van der Waals surface area contributed by atoms with Gasteiger partial charge in [-0.3, -0.25) is 4.21 Å². The summed E-state index contributed by atoms with van der Waals surface area (Å²) >= 11 is 0. The molecule has 100 valence electrons. The lowest BCUT2D eigenvalue weighted by Gasteiger charge is -2.06. The highest BCUT2D eigenvalue weighted by Crippen LogP contribution is 2.20. The van der Waals surface area contributed by atoms with Gasteiger partial charge in [-0.2, -0.15) is 0 Å². The van der Waals surface area contributed by atoms with E-state index in [0.717, 1.165) is 12.0 Å². The van der Waals surface area contributed by atoms with Crippen LogP contribution in [0.1, 0.15) is 18.1 Å². The Labute approximate surface area is 114 Å². The average Bonchev–Trinajstić information content (AvgIpc) is 2.42. The molecule has 0 bridgehead atoms. The van der Waals surface area contributed by atoms with Crippen LogP contribution in [0.15, 0.2) is 47.4 Å². The minimum absolute atomic E-state index is 0.345. The Balaban J connectivity index is 2.18. The first-order valence-electron chi connectivity index (χ1n) is 6.11. The van der Waals surface area contributed by atoms with Gasteiger partial charge in [-0.1, -0.05) is 31.2 Å². The molecule has 0 heterocycles. The molecule has 0 aliphatic heterocycles. The molecule has 1 unspecified atom stereocenters. The second-order valence-electron chi connectivity index (χ2n) is 4.34. The highest BCUT2D eigenvalue weighted by Gasteiger charge is 2.10. The second-order valence-corrected chi connectivity index (χ2v) is 5.76. The van der Waals surface area contributed by atoms with Gasteiger partial charge in [-0.15, -0.1) is 0 Å². The highest BCUT2D eigenvalue weighted by molar-refractivity contribution is 7.84. The standard InChI is InChI=1S/C15H16FNOS/c1-2-11-3-5-12(6-4-11)10-19(18)15-9-13(16)7-8-14(15)17/h3-9H,2,10,17H2,1H3. The molecule has 2 nitrogen and oxygen atoms in total. The van der Waals surface area contributed by atoms with Crippen molar-refractivity contribution in [2.45, 2.75) is 24.0 Å². The number of hydrogen-bond acceptors (Lipinski definition) is 2. The molecule has 19 heavy (non-hydrogen) atoms. The summed E-state index contributed by atoms with van der Waals surface area (Å²) in [4.78, 5) is 0.361. The van der Waals surface area contributed by atoms with Gasteiger partial charge < -0.3 is 5.73 Å². The van der Waals surface area contributed by atoms with Gasteiger partial charge in [0.2, 0.25) is 0 Å². The van der Waals surface area contributed by atoms with E-state index in [1.165, 1.54) is 23.8 Å². The molecule has 0 radical (unpaired) electrons. The third-order valence-electron chi connectivity index (χ3n) is 2.95. The summed E-state index contributed by atoms with van der Waals surface area (Å²) in [7, 11) is -1.33. The zero-order chi connectivity index (χ0) is 13.8. The van der Waals surface area contributed by atoms with Crippen molar-refractivity contribution in [3.8, 4) is 0 Å². The molecule has 0 aliphatic rings. The summed E-state index contributed by atoms with van der Waals surface area (Å²) in [6.45, 7) is 2.08. The Morgan fingerprint density at radius 1 is 1.11 bits per heavy atom. The first kappa shape index (κ1) is 13.7. The van der Waals surface area contributed by atoms with Crippen LogP contribution in [0, 0.1) is 5.82 Å². The van der Waals surface area contributed by atoms with Crippen LogP contribution in [-0.4, -0.2) is 4.21 Å². The summed E-state index contributed by atoms with van der Waals surface area (Å²) in [6, 6.07) is 11.9. The van der Waals surface area contributed by atoms with Crippen molar-refractivity contribution in [3.63, 3.8) is 0 Å². The molecule has 0 aromatic heterocycles. The quantitative estimate of drug-likeness (QED) is 0.872. The van der Waals surface area contributed by atoms with E-state index in [-0.39, 0.29) is 0 Å². The molecule has 4 heteroatoms. The summed E-state index contributed by atoms with van der Waals surface area (Å²) in [5.74, 6) is -0.0728. The van der Waals surface area contributed by atoms with E-state index in [1.807, 2.05) is 24.3 Å². The van der Waals surface area contributed by atoms with Gasteiger partial charge in [-0.05, 0) is 35.7 Å². The number of benzene rings is 2. The van der Waals surface area contributed by atoms with E-state index in [9.17, 15) is 8.60 Å². The van der Waals surface area contributed by atoms with E-state index < -0.39 is 16.6 Å². The van der Waals surface area contributed by atoms with Gasteiger partial charge in [0.1, 0.15) is 5.82 Å². The number of aryl methyl sites for hydroxylation is 1. The maximum Gasteiger partial charge on any atom is 0.124 e. The van der Waals surface area contributed by atoms with Crippen molar-refractivity contribution in [1.82, 2.24) is 0 Å². The van der Waals surface area contributed by atoms with Crippen LogP contribution in [0.2, 0.25) is 0 Å². The van der Waals surface area contributed by atoms with Crippen molar-refractivity contribution >= 4 is 16.5 Å². The fraction of sp³-hybridized carbons (Fsp3) is 0.200. The normalized spacial score (nSPS) is 12.3. The molecule has 2 N–H and O–H groups in total. The summed E-state index contributed by atoms with van der Waals surface area (Å²) in [5, 5.41) is 0. The van der Waals surface area contributed by atoms with E-state index in [1.54, 1.807) is 0 Å². The maximum atomic E-state index is 13.2. The van der Waals surface area contributed by atoms with Gasteiger partial charge in [-0.25, -0.2) is 4.39 Å². The van der Waals surface area contributed by atoms with Crippen LogP contribution in [0.5, 0.6) is 0 Å². The van der Waals surface area contributed by atoms with E-state index in [0.29, 0.717) is 16.3 Å². The number of nitrogen functional groups attached to an aromatic ring is 1. The lowest BCUT2D eigenvalue weighted by molar-refractivity contribution is 0.623. The topological polar surface area (TPSA) is 43.1 Å². The Morgan fingerprint density at radius 3 is 2.37 bits per heavy atom. The van der Waals surface area contributed by atoms with Crippen LogP contribution in [0.25, 0.3) is 0 Å². The molecule has 2 rings (SSSR count). The summed E-state index contributed by atoms with van der Waals surface area (Å²) in [6.07, 6.45) is 0.972. The van der Waals surface area contributed by atoms with Crippen LogP contribution >= 0.6 is 0 Å². The zero-order valence-electron chi connectivity index (χ0n) is 10.7. The molecular formula is C15H16FNOS. The van der Waals surface area contributed by atoms with Crippen molar-refractivity contribution < 1.29 is 8.60 Å². The van der Waals surface area contributed by atoms with E-state index >= 15 is 0 Å². The minimum Gasteiger partial charge on any atom is -0.398 e. The smallest absolute Gasteiger partial charge is 0.124 e. The van der Waals surface area contributed by atoms with Crippen molar-refractivity contribution in [2.75, 3.05) is 5.73 Å². The van der Waals surface area contributed by atoms with E-state index in [2.05, 4.69) is 6.92 Å². The molecule has 0 spiro atoms. The predicted molar refractivity (Wildman–Crippen MR) is 76.7 cm³/mol. The number of rotatable bonds is 4. The molecule has 0 aliphatic carbocycles. The van der Waals surface area contributed by atoms with Crippen molar-refractivity contribution in [2.24, 2.45) is 0 Å². The molecule has 1 atom stereocenters. The first-order chi connectivity index (χ1) is 9.10. The lowest BCUT2D eigenvalue weighted by Crippen LogP contribution is -2.01. The molecule has 0 amide bonds. The number of hydrogen-bond donors (Lipinski definition) is 1. The SMILES string of the molecule is CCc1ccc(CS(=O)c2cc(F)ccc2N)cc1. The fourth-order valence-corrected chi connectivity index (χ4v) is 3.03. The molecule has 0 saturated heterocycles. The van der Waals surface area contributed by atoms with Gasteiger partial charge in [0.25, 0.3) is 0 Å². The number of anilines is 1. The predicted octanol–water partition coefficient (Wildman–Crippen LogP) is 3.28. The molecular weight excluding hydrogens is 261 g/mol. The van der Waals surface area contributed by atoms with Gasteiger partial charge in [0.15, 0.2) is 0 Å². The van der Waals surface area contributed by atoms with E-state index in [4.69, 9.17) is 5.73 Å². The second kappa shape index (κ2) is 5.97. The van der Waals surface area contributed by atoms with Crippen molar-refractivity contribution in [3.05, 3.63) is 59.4 Å². The fourth-order valence-electron chi connectivity index (χ4n) is 1.81. The van der Waals surface area contributed by atoms with Crippen molar-refractivity contribution in [1.29, 1.82) is 0 Å². The maximum absolute atomic E-state index is 13.2. The lowest BCUT2D eigenvalue weighted by atomic mass is 10.1. The monoisotopic (exact) mass is 277 g/mol. The summed E-state index contributed by atoms with van der Waals surface area (Å²) in [5.41, 5.74) is 8.29. The minimum atomic E-state index is -1.33. The Kier molecular flexibility index (Phi) is 4.32. The van der Waals surface area contributed by atoms with Gasteiger partial charge in [0, 0.05) is 5.69 Å². The van der Waals surface area contributed by atoms with Crippen LogP contribution in [-0.2, 0) is 23.0 Å².